The Bertz CT molecular complexity index is 211. The Morgan fingerprint density at radius 2 is 1.89 bits per heavy atom. The van der Waals surface area contributed by atoms with Crippen molar-refractivity contribution in [2.45, 2.75) is 26.3 Å². The van der Waals surface area contributed by atoms with Gasteiger partial charge in [0.15, 0.2) is 0 Å². The molecule has 0 radical (unpaired) electrons. The molecule has 1 rings (SSSR count). The third-order valence-corrected chi connectivity index (χ3v) is 3.56. The van der Waals surface area contributed by atoms with Gasteiger partial charge in [-0.3, -0.25) is 4.90 Å². The Hall–Kier alpha value is -0.160. The molecule has 0 aliphatic carbocycles. The van der Waals surface area contributed by atoms with Crippen molar-refractivity contribution in [3.05, 3.63) is 0 Å². The van der Waals surface area contributed by atoms with Gasteiger partial charge < -0.3 is 15.0 Å². The first-order chi connectivity index (χ1) is 8.63. The molecule has 0 aromatic heterocycles. The van der Waals surface area contributed by atoms with E-state index in [0.717, 1.165) is 26.2 Å². The summed E-state index contributed by atoms with van der Waals surface area (Å²) in [4.78, 5) is 5.01. The predicted molar refractivity (Wildman–Crippen MR) is 77.1 cm³/mol. The zero-order chi connectivity index (χ0) is 13.4. The first-order valence-corrected chi connectivity index (χ1v) is 7.25. The van der Waals surface area contributed by atoms with Crippen LogP contribution in [0.5, 0.6) is 0 Å². The number of methoxy groups -OCH3 is 1. The van der Waals surface area contributed by atoms with Crippen molar-refractivity contribution in [1.82, 2.24) is 15.1 Å². The van der Waals surface area contributed by atoms with Crippen molar-refractivity contribution in [1.29, 1.82) is 0 Å². The predicted octanol–water partition coefficient (Wildman–Crippen LogP) is 0.885. The zero-order valence-corrected chi connectivity index (χ0v) is 12.6. The van der Waals surface area contributed by atoms with Crippen LogP contribution in [-0.2, 0) is 4.74 Å². The number of nitrogens with one attached hydrogen (secondary N) is 1. The number of likely N-dealkylation sites (N-methyl/N-ethyl adjacent to an activating group) is 1. The minimum atomic E-state index is 0.514. The maximum atomic E-state index is 5.39. The van der Waals surface area contributed by atoms with Crippen LogP contribution in [0.3, 0.4) is 0 Å². The minimum absolute atomic E-state index is 0.514. The third-order valence-electron chi connectivity index (χ3n) is 3.56. The summed E-state index contributed by atoms with van der Waals surface area (Å²) in [7, 11) is 4.02. The summed E-state index contributed by atoms with van der Waals surface area (Å²) in [5.41, 5.74) is 0. The van der Waals surface area contributed by atoms with E-state index in [1.54, 1.807) is 7.11 Å². The molecule has 1 fully saturated rings. The third kappa shape index (κ3) is 6.14. The van der Waals surface area contributed by atoms with Crippen molar-refractivity contribution in [3.8, 4) is 0 Å². The number of nitrogens with zero attached hydrogens (tertiary/aromatic N) is 2. The molecule has 0 spiro atoms. The first kappa shape index (κ1) is 15.9. The highest BCUT2D eigenvalue weighted by molar-refractivity contribution is 4.77. The van der Waals surface area contributed by atoms with E-state index < -0.39 is 0 Å². The average molecular weight is 257 g/mol. The topological polar surface area (TPSA) is 27.7 Å². The Labute approximate surface area is 113 Å². The van der Waals surface area contributed by atoms with Gasteiger partial charge >= 0.3 is 0 Å². The van der Waals surface area contributed by atoms with Crippen LogP contribution in [0.15, 0.2) is 0 Å². The lowest BCUT2D eigenvalue weighted by molar-refractivity contribution is 0.0912. The molecule has 0 aromatic carbocycles. The normalized spacial score (nSPS) is 21.2. The van der Waals surface area contributed by atoms with Crippen molar-refractivity contribution < 1.29 is 4.74 Å². The zero-order valence-electron chi connectivity index (χ0n) is 12.6. The van der Waals surface area contributed by atoms with Gasteiger partial charge in [-0.15, -0.1) is 0 Å². The smallest absolute Gasteiger partial charge is 0.0630 e. The van der Waals surface area contributed by atoms with Crippen LogP contribution in [0.1, 0.15) is 20.3 Å². The van der Waals surface area contributed by atoms with E-state index in [2.05, 4.69) is 36.0 Å². The average Bonchev–Trinajstić information content (AvgIpc) is 2.52. The fourth-order valence-electron chi connectivity index (χ4n) is 2.46. The van der Waals surface area contributed by atoms with Gasteiger partial charge in [0, 0.05) is 32.8 Å². The molecule has 4 nitrogen and oxygen atoms in total. The summed E-state index contributed by atoms with van der Waals surface area (Å²) in [6.07, 6.45) is 1.26. The maximum absolute atomic E-state index is 5.39. The standard InChI is InChI=1S/C14H31N3O/c1-13(2)10-15-11-14(12-18-4)17-7-5-6-16(3)8-9-17/h13-15H,5-12H2,1-4H3. The Morgan fingerprint density at radius 3 is 2.56 bits per heavy atom. The number of rotatable bonds is 7. The van der Waals surface area contributed by atoms with Gasteiger partial charge in [-0.05, 0) is 39.0 Å². The Balaban J connectivity index is 2.38. The fourth-order valence-corrected chi connectivity index (χ4v) is 2.46. The second kappa shape index (κ2) is 8.86. The van der Waals surface area contributed by atoms with Crippen LogP contribution in [0, 0.1) is 5.92 Å². The Kier molecular flexibility index (Phi) is 7.82. The van der Waals surface area contributed by atoms with Crippen LogP contribution in [0.4, 0.5) is 0 Å². The van der Waals surface area contributed by atoms with Crippen molar-refractivity contribution in [2.24, 2.45) is 5.92 Å². The molecule has 1 aliphatic heterocycles. The molecular formula is C14H31N3O. The summed E-state index contributed by atoms with van der Waals surface area (Å²) >= 11 is 0. The summed E-state index contributed by atoms with van der Waals surface area (Å²) in [6, 6.07) is 0.514. The Morgan fingerprint density at radius 1 is 1.11 bits per heavy atom. The largest absolute Gasteiger partial charge is 0.383 e. The first-order valence-electron chi connectivity index (χ1n) is 7.25. The molecule has 108 valence electrons. The van der Waals surface area contributed by atoms with E-state index >= 15 is 0 Å². The molecule has 0 bridgehead atoms. The van der Waals surface area contributed by atoms with E-state index in [9.17, 15) is 0 Å². The lowest BCUT2D eigenvalue weighted by Crippen LogP contribution is -2.47. The van der Waals surface area contributed by atoms with Gasteiger partial charge in [0.05, 0.1) is 6.61 Å². The van der Waals surface area contributed by atoms with Crippen LogP contribution in [0.25, 0.3) is 0 Å². The van der Waals surface area contributed by atoms with Crippen molar-refractivity contribution >= 4 is 0 Å². The molecule has 1 unspecified atom stereocenters. The summed E-state index contributed by atoms with van der Waals surface area (Å²) < 4.78 is 5.39. The minimum Gasteiger partial charge on any atom is -0.383 e. The SMILES string of the molecule is COCC(CNCC(C)C)N1CCCN(C)CC1. The van der Waals surface area contributed by atoms with Crippen LogP contribution >= 0.6 is 0 Å². The van der Waals surface area contributed by atoms with E-state index in [1.165, 1.54) is 26.1 Å². The van der Waals surface area contributed by atoms with E-state index in [1.807, 2.05) is 0 Å². The summed E-state index contributed by atoms with van der Waals surface area (Å²) in [5, 5.41) is 3.56. The van der Waals surface area contributed by atoms with Gasteiger partial charge in [0.25, 0.3) is 0 Å². The lowest BCUT2D eigenvalue weighted by atomic mass is 10.2. The molecule has 1 aliphatic rings. The molecule has 1 saturated heterocycles. The van der Waals surface area contributed by atoms with Gasteiger partial charge in [0.2, 0.25) is 0 Å². The van der Waals surface area contributed by atoms with E-state index in [0.29, 0.717) is 12.0 Å². The van der Waals surface area contributed by atoms with Gasteiger partial charge in [0.1, 0.15) is 0 Å². The summed E-state index contributed by atoms with van der Waals surface area (Å²) in [5.74, 6) is 0.712. The lowest BCUT2D eigenvalue weighted by Gasteiger charge is -2.30. The molecule has 0 amide bonds. The monoisotopic (exact) mass is 257 g/mol. The highest BCUT2D eigenvalue weighted by Gasteiger charge is 2.20. The second-order valence-corrected chi connectivity index (χ2v) is 5.85. The quantitative estimate of drug-likeness (QED) is 0.733. The molecule has 1 N–H and O–H groups in total. The molecule has 4 heteroatoms. The molecule has 1 heterocycles. The molecule has 0 aromatic rings. The molecule has 18 heavy (non-hydrogen) atoms. The van der Waals surface area contributed by atoms with Crippen molar-refractivity contribution in [3.63, 3.8) is 0 Å². The van der Waals surface area contributed by atoms with E-state index in [-0.39, 0.29) is 0 Å². The highest BCUT2D eigenvalue weighted by atomic mass is 16.5. The molecule has 0 saturated carbocycles. The van der Waals surface area contributed by atoms with Gasteiger partial charge in [-0.2, -0.15) is 0 Å². The molecule has 1 atom stereocenters. The number of hydrogen-bond donors (Lipinski definition) is 1. The fraction of sp³-hybridized carbons (Fsp3) is 1.00. The van der Waals surface area contributed by atoms with Gasteiger partial charge in [-0.25, -0.2) is 0 Å². The van der Waals surface area contributed by atoms with Crippen molar-refractivity contribution in [2.75, 3.05) is 60.0 Å². The summed E-state index contributed by atoms with van der Waals surface area (Å²) in [6.45, 7) is 12.2. The highest BCUT2D eigenvalue weighted by Crippen LogP contribution is 2.06. The second-order valence-electron chi connectivity index (χ2n) is 5.85. The number of hydrogen-bond acceptors (Lipinski definition) is 4. The van der Waals surface area contributed by atoms with Crippen LogP contribution < -0.4 is 5.32 Å². The van der Waals surface area contributed by atoms with Crippen LogP contribution in [-0.4, -0.2) is 75.9 Å². The number of ether oxygens (including phenoxy) is 1. The van der Waals surface area contributed by atoms with Gasteiger partial charge in [-0.1, -0.05) is 13.8 Å². The molecular weight excluding hydrogens is 226 g/mol. The maximum Gasteiger partial charge on any atom is 0.0630 e. The van der Waals surface area contributed by atoms with Crippen LogP contribution in [0.2, 0.25) is 0 Å². The van der Waals surface area contributed by atoms with E-state index in [4.69, 9.17) is 4.74 Å².